The van der Waals surface area contributed by atoms with E-state index in [4.69, 9.17) is 15.2 Å². The number of nitrogens with zero attached hydrogens (tertiary/aromatic N) is 2. The molecule has 2 N–H and O–H groups in total. The van der Waals surface area contributed by atoms with Gasteiger partial charge in [0.15, 0.2) is 0 Å². The lowest BCUT2D eigenvalue weighted by Gasteiger charge is -2.13. The maximum absolute atomic E-state index is 5.75. The molecular formula is C13H15N3O2. The van der Waals surface area contributed by atoms with E-state index < -0.39 is 0 Å². The molecule has 2 heterocycles. The number of ether oxygens (including phenoxy) is 2. The number of aromatic nitrogens is 2. The summed E-state index contributed by atoms with van der Waals surface area (Å²) in [7, 11) is 1.64. The van der Waals surface area contributed by atoms with E-state index in [-0.39, 0.29) is 12.1 Å². The highest BCUT2D eigenvalue weighted by molar-refractivity contribution is 5.83. The van der Waals surface area contributed by atoms with Crippen LogP contribution < -0.4 is 10.5 Å². The fourth-order valence-electron chi connectivity index (χ4n) is 2.32. The molecule has 1 fully saturated rings. The Morgan fingerprint density at radius 2 is 2.28 bits per heavy atom. The van der Waals surface area contributed by atoms with Crippen molar-refractivity contribution in [3.63, 3.8) is 0 Å². The van der Waals surface area contributed by atoms with E-state index in [1.54, 1.807) is 7.11 Å². The topological polar surface area (TPSA) is 70.3 Å². The zero-order chi connectivity index (χ0) is 12.5. The van der Waals surface area contributed by atoms with Gasteiger partial charge in [0.1, 0.15) is 11.9 Å². The second-order valence-corrected chi connectivity index (χ2v) is 4.35. The van der Waals surface area contributed by atoms with Crippen LogP contribution in [0.15, 0.2) is 18.2 Å². The smallest absolute Gasteiger partial charge is 0.220 e. The molecule has 1 aliphatic heterocycles. The summed E-state index contributed by atoms with van der Waals surface area (Å²) in [6.07, 6.45) is 2.05. The Bertz CT molecular complexity index is 580. The van der Waals surface area contributed by atoms with Gasteiger partial charge in [0.25, 0.3) is 0 Å². The van der Waals surface area contributed by atoms with Crippen LogP contribution in [0.25, 0.3) is 10.9 Å². The first-order valence-corrected chi connectivity index (χ1v) is 6.00. The van der Waals surface area contributed by atoms with Crippen molar-refractivity contribution in [1.82, 2.24) is 9.97 Å². The zero-order valence-electron chi connectivity index (χ0n) is 10.2. The van der Waals surface area contributed by atoms with Crippen molar-refractivity contribution in [3.05, 3.63) is 23.9 Å². The molecule has 0 aliphatic carbocycles. The average molecular weight is 245 g/mol. The molecule has 3 rings (SSSR count). The van der Waals surface area contributed by atoms with E-state index in [2.05, 4.69) is 9.97 Å². The minimum atomic E-state index is 0.0184. The standard InChI is InChI=1S/C13H15N3O2/c1-17-8-4-5-10-9(7-8)12(16-13(14)15-10)11-3-2-6-18-11/h4-5,7,11H,2-3,6H2,1H3,(H2,14,15,16). The predicted molar refractivity (Wildman–Crippen MR) is 68.4 cm³/mol. The van der Waals surface area contributed by atoms with Gasteiger partial charge in [0.2, 0.25) is 5.95 Å². The van der Waals surface area contributed by atoms with Crippen LogP contribution in [0.2, 0.25) is 0 Å². The lowest BCUT2D eigenvalue weighted by Crippen LogP contribution is -2.05. The van der Waals surface area contributed by atoms with Gasteiger partial charge in [-0.1, -0.05) is 0 Å². The number of methoxy groups -OCH3 is 1. The van der Waals surface area contributed by atoms with Crippen molar-refractivity contribution < 1.29 is 9.47 Å². The molecule has 18 heavy (non-hydrogen) atoms. The van der Waals surface area contributed by atoms with Gasteiger partial charge in [0, 0.05) is 12.0 Å². The van der Waals surface area contributed by atoms with Crippen molar-refractivity contribution in [2.24, 2.45) is 0 Å². The third-order valence-corrected chi connectivity index (χ3v) is 3.18. The SMILES string of the molecule is COc1ccc2nc(N)nc(C3CCCO3)c2c1. The van der Waals surface area contributed by atoms with Crippen LogP contribution in [0.3, 0.4) is 0 Å². The fraction of sp³-hybridized carbons (Fsp3) is 0.385. The molecule has 1 unspecified atom stereocenters. The van der Waals surface area contributed by atoms with Crippen LogP contribution in [-0.2, 0) is 4.74 Å². The van der Waals surface area contributed by atoms with Gasteiger partial charge in [-0.3, -0.25) is 0 Å². The third-order valence-electron chi connectivity index (χ3n) is 3.18. The highest BCUT2D eigenvalue weighted by Crippen LogP contribution is 2.33. The predicted octanol–water partition coefficient (Wildman–Crippen LogP) is 2.07. The van der Waals surface area contributed by atoms with Gasteiger partial charge >= 0.3 is 0 Å². The molecule has 5 nitrogen and oxygen atoms in total. The lowest BCUT2D eigenvalue weighted by atomic mass is 10.1. The second kappa shape index (κ2) is 4.42. The van der Waals surface area contributed by atoms with Gasteiger partial charge in [0.05, 0.1) is 18.3 Å². The molecule has 0 bridgehead atoms. The van der Waals surface area contributed by atoms with Gasteiger partial charge in [-0.05, 0) is 31.0 Å². The number of benzene rings is 1. The first kappa shape index (κ1) is 11.2. The monoisotopic (exact) mass is 245 g/mol. The van der Waals surface area contributed by atoms with Crippen molar-refractivity contribution in [3.8, 4) is 5.75 Å². The number of hydrogen-bond acceptors (Lipinski definition) is 5. The van der Waals surface area contributed by atoms with Crippen LogP contribution in [0.1, 0.15) is 24.6 Å². The molecule has 0 radical (unpaired) electrons. The summed E-state index contributed by atoms with van der Waals surface area (Å²) < 4.78 is 10.9. The Morgan fingerprint density at radius 1 is 1.39 bits per heavy atom. The Morgan fingerprint density at radius 3 is 3.00 bits per heavy atom. The highest BCUT2D eigenvalue weighted by Gasteiger charge is 2.22. The number of anilines is 1. The summed E-state index contributed by atoms with van der Waals surface area (Å²) in [6, 6.07) is 5.70. The third kappa shape index (κ3) is 1.86. The molecular weight excluding hydrogens is 230 g/mol. The number of hydrogen-bond donors (Lipinski definition) is 1. The van der Waals surface area contributed by atoms with E-state index in [0.29, 0.717) is 0 Å². The van der Waals surface area contributed by atoms with Gasteiger partial charge in [-0.25, -0.2) is 9.97 Å². The summed E-state index contributed by atoms with van der Waals surface area (Å²) in [6.45, 7) is 0.778. The number of nitrogen functional groups attached to an aromatic ring is 1. The minimum absolute atomic E-state index is 0.0184. The number of nitrogens with two attached hydrogens (primary N) is 1. The molecule has 1 aliphatic rings. The number of fused-ring (bicyclic) bond motifs is 1. The Kier molecular flexibility index (Phi) is 2.76. The first-order chi connectivity index (χ1) is 8.78. The summed E-state index contributed by atoms with van der Waals surface area (Å²) in [5, 5.41) is 0.954. The van der Waals surface area contributed by atoms with E-state index in [1.165, 1.54) is 0 Å². The second-order valence-electron chi connectivity index (χ2n) is 4.35. The molecule has 94 valence electrons. The van der Waals surface area contributed by atoms with E-state index in [0.717, 1.165) is 41.8 Å². The minimum Gasteiger partial charge on any atom is -0.497 e. The molecule has 1 aromatic carbocycles. The van der Waals surface area contributed by atoms with Crippen molar-refractivity contribution in [1.29, 1.82) is 0 Å². The molecule has 0 amide bonds. The van der Waals surface area contributed by atoms with Crippen LogP contribution in [0, 0.1) is 0 Å². The van der Waals surface area contributed by atoms with Crippen LogP contribution in [0.4, 0.5) is 5.95 Å². The van der Waals surface area contributed by atoms with Gasteiger partial charge in [-0.2, -0.15) is 0 Å². The van der Waals surface area contributed by atoms with Crippen molar-refractivity contribution in [2.75, 3.05) is 19.5 Å². The summed E-state index contributed by atoms with van der Waals surface area (Å²) in [4.78, 5) is 8.58. The fourth-order valence-corrected chi connectivity index (χ4v) is 2.32. The largest absolute Gasteiger partial charge is 0.497 e. The maximum Gasteiger partial charge on any atom is 0.220 e. The molecule has 0 saturated carbocycles. The molecule has 5 heteroatoms. The molecule has 1 saturated heterocycles. The van der Waals surface area contributed by atoms with Crippen LogP contribution in [0.5, 0.6) is 5.75 Å². The van der Waals surface area contributed by atoms with Gasteiger partial charge in [-0.15, -0.1) is 0 Å². The maximum atomic E-state index is 5.75. The highest BCUT2D eigenvalue weighted by atomic mass is 16.5. The molecule has 1 atom stereocenters. The first-order valence-electron chi connectivity index (χ1n) is 6.00. The normalized spacial score (nSPS) is 19.3. The zero-order valence-corrected chi connectivity index (χ0v) is 10.2. The van der Waals surface area contributed by atoms with Crippen molar-refractivity contribution >= 4 is 16.9 Å². The lowest BCUT2D eigenvalue weighted by molar-refractivity contribution is 0.110. The Hall–Kier alpha value is -1.88. The number of rotatable bonds is 2. The summed E-state index contributed by atoms with van der Waals surface area (Å²) >= 11 is 0. The quantitative estimate of drug-likeness (QED) is 0.877. The Labute approximate surface area is 105 Å². The van der Waals surface area contributed by atoms with E-state index >= 15 is 0 Å². The molecule has 0 spiro atoms. The molecule has 2 aromatic rings. The Balaban J connectivity index is 2.20. The van der Waals surface area contributed by atoms with Gasteiger partial charge < -0.3 is 15.2 Å². The summed E-state index contributed by atoms with van der Waals surface area (Å²) in [5.41, 5.74) is 7.45. The van der Waals surface area contributed by atoms with Crippen LogP contribution in [-0.4, -0.2) is 23.7 Å². The van der Waals surface area contributed by atoms with E-state index in [9.17, 15) is 0 Å². The average Bonchev–Trinajstić information content (AvgIpc) is 2.91. The summed E-state index contributed by atoms with van der Waals surface area (Å²) in [5.74, 6) is 1.08. The molecule has 1 aromatic heterocycles. The van der Waals surface area contributed by atoms with Crippen molar-refractivity contribution in [2.45, 2.75) is 18.9 Å². The van der Waals surface area contributed by atoms with Crippen LogP contribution >= 0.6 is 0 Å². The van der Waals surface area contributed by atoms with E-state index in [1.807, 2.05) is 18.2 Å².